The van der Waals surface area contributed by atoms with Crippen LogP contribution in [0.5, 0.6) is 5.75 Å². The van der Waals surface area contributed by atoms with E-state index in [1.165, 1.54) is 5.56 Å². The number of carbonyl (C=O) groups is 1. The molecular formula is C20H19Cl2N3O2. The molecule has 3 aromatic rings. The molecule has 7 heteroatoms. The van der Waals surface area contributed by atoms with E-state index in [1.54, 1.807) is 25.3 Å². The fourth-order valence-corrected chi connectivity index (χ4v) is 3.00. The second-order valence-electron chi connectivity index (χ2n) is 6.10. The molecule has 3 rings (SSSR count). The van der Waals surface area contributed by atoms with Gasteiger partial charge in [-0.25, -0.2) is 0 Å². The van der Waals surface area contributed by atoms with Crippen molar-refractivity contribution in [3.63, 3.8) is 0 Å². The fourth-order valence-electron chi connectivity index (χ4n) is 2.70. The molecule has 5 nitrogen and oxygen atoms in total. The minimum atomic E-state index is -0.260. The monoisotopic (exact) mass is 403 g/mol. The average molecular weight is 404 g/mol. The molecule has 1 aromatic heterocycles. The highest BCUT2D eigenvalue weighted by molar-refractivity contribution is 6.42. The fraction of sp³-hybridized carbons (Fsp3) is 0.200. The lowest BCUT2D eigenvalue weighted by atomic mass is 10.1. The Morgan fingerprint density at radius 2 is 1.85 bits per heavy atom. The molecule has 27 heavy (non-hydrogen) atoms. The van der Waals surface area contributed by atoms with Crippen molar-refractivity contribution in [2.45, 2.75) is 19.8 Å². The smallest absolute Gasteiger partial charge is 0.255 e. The van der Waals surface area contributed by atoms with Gasteiger partial charge in [0.05, 0.1) is 34.2 Å². The molecule has 2 aromatic carbocycles. The summed E-state index contributed by atoms with van der Waals surface area (Å²) in [6, 6.07) is 12.7. The molecule has 0 fully saturated rings. The summed E-state index contributed by atoms with van der Waals surface area (Å²) < 4.78 is 5.17. The zero-order valence-corrected chi connectivity index (χ0v) is 16.5. The Morgan fingerprint density at radius 1 is 1.11 bits per heavy atom. The molecule has 0 saturated heterocycles. The number of hydrogen-bond donors (Lipinski definition) is 2. The average Bonchev–Trinajstić information content (AvgIpc) is 3.02. The van der Waals surface area contributed by atoms with Gasteiger partial charge in [0.1, 0.15) is 5.75 Å². The molecule has 0 aliphatic rings. The Hall–Kier alpha value is -2.50. The van der Waals surface area contributed by atoms with E-state index in [2.05, 4.69) is 15.5 Å². The maximum absolute atomic E-state index is 12.6. The third-order valence-corrected chi connectivity index (χ3v) is 4.99. The number of ether oxygens (including phenoxy) is 1. The van der Waals surface area contributed by atoms with Crippen LogP contribution in [0.25, 0.3) is 0 Å². The first-order chi connectivity index (χ1) is 13.0. The van der Waals surface area contributed by atoms with Crippen LogP contribution in [0.3, 0.4) is 0 Å². The first-order valence-electron chi connectivity index (χ1n) is 8.41. The SMILES string of the molecule is COc1ccc(CCc2n[nH]c(C)c2NC(=O)c2ccc(Cl)c(Cl)c2)cc1. The number of rotatable bonds is 6. The van der Waals surface area contributed by atoms with Crippen molar-refractivity contribution >= 4 is 34.8 Å². The molecule has 0 radical (unpaired) electrons. The lowest BCUT2D eigenvalue weighted by molar-refractivity contribution is 0.102. The second kappa shape index (κ2) is 8.46. The number of aromatic amines is 1. The lowest BCUT2D eigenvalue weighted by Gasteiger charge is -2.08. The third kappa shape index (κ3) is 4.62. The van der Waals surface area contributed by atoms with Crippen LogP contribution in [0.2, 0.25) is 10.0 Å². The van der Waals surface area contributed by atoms with Crippen molar-refractivity contribution in [2.75, 3.05) is 12.4 Å². The standard InChI is InChI=1S/C20H19Cl2N3O2/c1-12-19(23-20(26)14-6-9-16(21)17(22)11-14)18(25-24-12)10-5-13-3-7-15(27-2)8-4-13/h3-4,6-9,11H,5,10H2,1-2H3,(H,23,26)(H,24,25). The van der Waals surface area contributed by atoms with Gasteiger partial charge in [0.2, 0.25) is 0 Å². The molecule has 1 heterocycles. The van der Waals surface area contributed by atoms with Gasteiger partial charge in [0, 0.05) is 5.56 Å². The molecule has 0 spiro atoms. The highest BCUT2D eigenvalue weighted by Gasteiger charge is 2.15. The Kier molecular flexibility index (Phi) is 6.04. The Labute approximate surface area is 167 Å². The van der Waals surface area contributed by atoms with Gasteiger partial charge in [0.25, 0.3) is 5.91 Å². The molecule has 0 unspecified atom stereocenters. The number of benzene rings is 2. The summed E-state index contributed by atoms with van der Waals surface area (Å²) in [5, 5.41) is 10.9. The van der Waals surface area contributed by atoms with Gasteiger partial charge < -0.3 is 10.1 Å². The summed E-state index contributed by atoms with van der Waals surface area (Å²) in [5.74, 6) is 0.563. The number of hydrogen-bond acceptors (Lipinski definition) is 3. The van der Waals surface area contributed by atoms with Crippen molar-refractivity contribution in [1.82, 2.24) is 10.2 Å². The van der Waals surface area contributed by atoms with E-state index in [0.717, 1.165) is 23.6 Å². The molecule has 140 valence electrons. The maximum atomic E-state index is 12.6. The van der Waals surface area contributed by atoms with Crippen LogP contribution in [-0.2, 0) is 12.8 Å². The summed E-state index contributed by atoms with van der Waals surface area (Å²) in [6.07, 6.45) is 1.48. The van der Waals surface area contributed by atoms with Gasteiger partial charge in [-0.1, -0.05) is 35.3 Å². The van der Waals surface area contributed by atoms with E-state index in [9.17, 15) is 4.79 Å². The lowest BCUT2D eigenvalue weighted by Crippen LogP contribution is -2.13. The molecular weight excluding hydrogens is 385 g/mol. The second-order valence-corrected chi connectivity index (χ2v) is 6.92. The van der Waals surface area contributed by atoms with E-state index >= 15 is 0 Å². The first kappa shape index (κ1) is 19.3. The summed E-state index contributed by atoms with van der Waals surface area (Å²) in [5.41, 5.74) is 3.90. The highest BCUT2D eigenvalue weighted by Crippen LogP contribution is 2.25. The maximum Gasteiger partial charge on any atom is 0.255 e. The van der Waals surface area contributed by atoms with Crippen molar-refractivity contribution in [1.29, 1.82) is 0 Å². The van der Waals surface area contributed by atoms with Crippen LogP contribution in [0.4, 0.5) is 5.69 Å². The number of nitrogens with one attached hydrogen (secondary N) is 2. The van der Waals surface area contributed by atoms with Gasteiger partial charge in [-0.05, 0) is 55.7 Å². The van der Waals surface area contributed by atoms with Gasteiger partial charge >= 0.3 is 0 Å². The van der Waals surface area contributed by atoms with E-state index in [-0.39, 0.29) is 5.91 Å². The van der Waals surface area contributed by atoms with E-state index < -0.39 is 0 Å². The van der Waals surface area contributed by atoms with Gasteiger partial charge in [0.15, 0.2) is 0 Å². The molecule has 0 saturated carbocycles. The third-order valence-electron chi connectivity index (χ3n) is 4.25. The molecule has 1 amide bonds. The number of halogens is 2. The van der Waals surface area contributed by atoms with Gasteiger partial charge in [-0.2, -0.15) is 5.10 Å². The van der Waals surface area contributed by atoms with E-state index in [4.69, 9.17) is 27.9 Å². The normalized spacial score (nSPS) is 10.7. The molecule has 0 bridgehead atoms. The van der Waals surface area contributed by atoms with Gasteiger partial charge in [-0.3, -0.25) is 9.89 Å². The number of H-pyrrole nitrogens is 1. The number of methoxy groups -OCH3 is 1. The Balaban J connectivity index is 1.71. The Morgan fingerprint density at radius 3 is 2.52 bits per heavy atom. The van der Waals surface area contributed by atoms with Gasteiger partial charge in [-0.15, -0.1) is 0 Å². The summed E-state index contributed by atoms with van der Waals surface area (Å²) in [4.78, 5) is 12.6. The van der Waals surface area contributed by atoms with Crippen LogP contribution in [0.1, 0.15) is 27.3 Å². The number of aromatic nitrogens is 2. The number of anilines is 1. The summed E-state index contributed by atoms with van der Waals surface area (Å²) >= 11 is 11.9. The first-order valence-corrected chi connectivity index (χ1v) is 9.16. The predicted octanol–water partition coefficient (Wildman–Crippen LogP) is 5.07. The zero-order chi connectivity index (χ0) is 19.4. The van der Waals surface area contributed by atoms with E-state index in [1.807, 2.05) is 31.2 Å². The van der Waals surface area contributed by atoms with Crippen molar-refractivity contribution < 1.29 is 9.53 Å². The van der Waals surface area contributed by atoms with Crippen LogP contribution in [-0.4, -0.2) is 23.2 Å². The highest BCUT2D eigenvalue weighted by atomic mass is 35.5. The van der Waals surface area contributed by atoms with Crippen molar-refractivity contribution in [2.24, 2.45) is 0 Å². The van der Waals surface area contributed by atoms with Crippen LogP contribution in [0, 0.1) is 6.92 Å². The van der Waals surface area contributed by atoms with Crippen LogP contribution < -0.4 is 10.1 Å². The quantitative estimate of drug-likeness (QED) is 0.603. The number of nitrogens with zero attached hydrogens (tertiary/aromatic N) is 1. The number of aryl methyl sites for hydroxylation is 3. The number of carbonyl (C=O) groups excluding carboxylic acids is 1. The van der Waals surface area contributed by atoms with Crippen molar-refractivity contribution in [3.8, 4) is 5.75 Å². The minimum absolute atomic E-state index is 0.260. The largest absolute Gasteiger partial charge is 0.497 e. The Bertz CT molecular complexity index is 952. The summed E-state index contributed by atoms with van der Waals surface area (Å²) in [7, 11) is 1.64. The van der Waals surface area contributed by atoms with Crippen LogP contribution >= 0.6 is 23.2 Å². The molecule has 0 atom stereocenters. The van der Waals surface area contributed by atoms with Crippen molar-refractivity contribution in [3.05, 3.63) is 75.0 Å². The number of amides is 1. The minimum Gasteiger partial charge on any atom is -0.497 e. The van der Waals surface area contributed by atoms with E-state index in [0.29, 0.717) is 27.7 Å². The predicted molar refractivity (Wildman–Crippen MR) is 108 cm³/mol. The molecule has 0 aliphatic heterocycles. The molecule has 0 aliphatic carbocycles. The topological polar surface area (TPSA) is 67.0 Å². The molecule has 2 N–H and O–H groups in total. The summed E-state index contributed by atoms with van der Waals surface area (Å²) in [6.45, 7) is 1.87. The van der Waals surface area contributed by atoms with Crippen LogP contribution in [0.15, 0.2) is 42.5 Å². The zero-order valence-electron chi connectivity index (χ0n) is 15.0.